The van der Waals surface area contributed by atoms with Gasteiger partial charge in [0, 0.05) is 17.4 Å². The lowest BCUT2D eigenvalue weighted by Crippen LogP contribution is -2.11. The summed E-state index contributed by atoms with van der Waals surface area (Å²) in [4.78, 5) is 23.3. The van der Waals surface area contributed by atoms with Gasteiger partial charge >= 0.3 is 11.6 Å². The van der Waals surface area contributed by atoms with E-state index in [1.54, 1.807) is 13.0 Å². The zero-order chi connectivity index (χ0) is 14.9. The summed E-state index contributed by atoms with van der Waals surface area (Å²) in [6.45, 7) is 5.56. The standard InChI is InChI=1S/C15H15IO4/c1-4-9-8(3)10-6-7-11(19-12(17)5-2)13(16)14(10)20-15(9)18/h6-7H,4-5H2,1-3H3. The van der Waals surface area contributed by atoms with Crippen LogP contribution in [0.25, 0.3) is 11.0 Å². The Morgan fingerprint density at radius 3 is 2.65 bits per heavy atom. The van der Waals surface area contributed by atoms with Crippen molar-refractivity contribution in [2.24, 2.45) is 0 Å². The van der Waals surface area contributed by atoms with Crippen LogP contribution in [0.4, 0.5) is 0 Å². The lowest BCUT2D eigenvalue weighted by molar-refractivity contribution is -0.134. The fourth-order valence-electron chi connectivity index (χ4n) is 2.09. The number of carbonyl (C=O) groups is 1. The van der Waals surface area contributed by atoms with E-state index in [9.17, 15) is 9.59 Å². The van der Waals surface area contributed by atoms with Crippen LogP contribution in [0.2, 0.25) is 0 Å². The van der Waals surface area contributed by atoms with Gasteiger partial charge in [0.15, 0.2) is 5.58 Å². The maximum absolute atomic E-state index is 11.9. The van der Waals surface area contributed by atoms with Crippen molar-refractivity contribution >= 4 is 39.5 Å². The van der Waals surface area contributed by atoms with Crippen molar-refractivity contribution in [2.75, 3.05) is 0 Å². The van der Waals surface area contributed by atoms with Gasteiger partial charge in [0.1, 0.15) is 5.75 Å². The summed E-state index contributed by atoms with van der Waals surface area (Å²) in [5, 5.41) is 0.877. The predicted octanol–water partition coefficient (Wildman–Crippen LogP) is 3.58. The summed E-state index contributed by atoms with van der Waals surface area (Å²) in [5.74, 6) is 0.114. The van der Waals surface area contributed by atoms with E-state index in [2.05, 4.69) is 0 Å². The third-order valence-corrected chi connectivity index (χ3v) is 4.25. The Morgan fingerprint density at radius 2 is 2.05 bits per heavy atom. The first-order valence-corrected chi connectivity index (χ1v) is 7.52. The van der Waals surface area contributed by atoms with E-state index in [-0.39, 0.29) is 11.6 Å². The molecular formula is C15H15IO4. The molecule has 20 heavy (non-hydrogen) atoms. The molecule has 0 N–H and O–H groups in total. The molecule has 4 nitrogen and oxygen atoms in total. The minimum atomic E-state index is -0.325. The Bertz CT molecular complexity index is 731. The number of hydrogen-bond acceptors (Lipinski definition) is 4. The third kappa shape index (κ3) is 2.59. The Morgan fingerprint density at radius 1 is 1.35 bits per heavy atom. The van der Waals surface area contributed by atoms with Gasteiger partial charge in [-0.1, -0.05) is 13.8 Å². The molecule has 0 aliphatic rings. The fourth-order valence-corrected chi connectivity index (χ4v) is 2.78. The number of carbonyl (C=O) groups excluding carboxylic acids is 1. The molecule has 0 saturated carbocycles. The van der Waals surface area contributed by atoms with Crippen LogP contribution in [0.3, 0.4) is 0 Å². The molecule has 0 fully saturated rings. The molecule has 5 heteroatoms. The van der Waals surface area contributed by atoms with Gasteiger partial charge in [-0.05, 0) is 53.6 Å². The van der Waals surface area contributed by atoms with Gasteiger partial charge in [-0.2, -0.15) is 0 Å². The van der Waals surface area contributed by atoms with Crippen LogP contribution in [-0.4, -0.2) is 5.97 Å². The van der Waals surface area contributed by atoms with Crippen molar-refractivity contribution in [2.45, 2.75) is 33.6 Å². The van der Waals surface area contributed by atoms with Crippen LogP contribution in [0.5, 0.6) is 5.75 Å². The van der Waals surface area contributed by atoms with Gasteiger partial charge < -0.3 is 9.15 Å². The van der Waals surface area contributed by atoms with Crippen molar-refractivity contribution in [3.05, 3.63) is 37.2 Å². The Kier molecular flexibility index (Phi) is 4.47. The van der Waals surface area contributed by atoms with E-state index in [0.717, 1.165) is 10.9 Å². The van der Waals surface area contributed by atoms with Crippen molar-refractivity contribution in [1.82, 2.24) is 0 Å². The third-order valence-electron chi connectivity index (χ3n) is 3.23. The van der Waals surface area contributed by atoms with Crippen LogP contribution in [0, 0.1) is 10.5 Å². The lowest BCUT2D eigenvalue weighted by atomic mass is 10.0. The summed E-state index contributed by atoms with van der Waals surface area (Å²) < 4.78 is 11.3. The molecule has 0 radical (unpaired) electrons. The quantitative estimate of drug-likeness (QED) is 0.350. The smallest absolute Gasteiger partial charge is 0.339 e. The lowest BCUT2D eigenvalue weighted by Gasteiger charge is -2.10. The molecular weight excluding hydrogens is 371 g/mol. The maximum atomic E-state index is 11.9. The number of benzene rings is 1. The first-order chi connectivity index (χ1) is 9.49. The first kappa shape index (κ1) is 15.0. The molecule has 106 valence electrons. The van der Waals surface area contributed by atoms with Crippen LogP contribution in [0.1, 0.15) is 31.4 Å². The van der Waals surface area contributed by atoms with E-state index in [1.165, 1.54) is 0 Å². The largest absolute Gasteiger partial charge is 0.425 e. The highest BCUT2D eigenvalue weighted by Crippen LogP contribution is 2.31. The molecule has 1 heterocycles. The zero-order valence-electron chi connectivity index (χ0n) is 11.6. The van der Waals surface area contributed by atoms with Crippen LogP contribution >= 0.6 is 22.6 Å². The van der Waals surface area contributed by atoms with E-state index >= 15 is 0 Å². The molecule has 1 aromatic carbocycles. The molecule has 0 atom stereocenters. The molecule has 0 spiro atoms. The van der Waals surface area contributed by atoms with Crippen LogP contribution in [0.15, 0.2) is 21.3 Å². The number of fused-ring (bicyclic) bond motifs is 1. The molecule has 0 aliphatic heterocycles. The van der Waals surface area contributed by atoms with Crippen molar-refractivity contribution in [1.29, 1.82) is 0 Å². The second-order valence-corrected chi connectivity index (χ2v) is 5.51. The van der Waals surface area contributed by atoms with Crippen molar-refractivity contribution < 1.29 is 13.9 Å². The van der Waals surface area contributed by atoms with Gasteiger partial charge in [-0.3, -0.25) is 4.79 Å². The average molecular weight is 386 g/mol. The molecule has 0 aliphatic carbocycles. The monoisotopic (exact) mass is 386 g/mol. The van der Waals surface area contributed by atoms with E-state index in [1.807, 2.05) is 42.5 Å². The number of aryl methyl sites for hydroxylation is 1. The Balaban J connectivity index is 2.68. The van der Waals surface area contributed by atoms with E-state index in [4.69, 9.17) is 9.15 Å². The van der Waals surface area contributed by atoms with Crippen LogP contribution < -0.4 is 10.4 Å². The number of hydrogen-bond donors (Lipinski definition) is 0. The Hall–Kier alpha value is -1.37. The number of ether oxygens (including phenoxy) is 1. The van der Waals surface area contributed by atoms with Crippen molar-refractivity contribution in [3.8, 4) is 5.75 Å². The highest BCUT2D eigenvalue weighted by Gasteiger charge is 2.16. The predicted molar refractivity (Wildman–Crippen MR) is 85.2 cm³/mol. The fraction of sp³-hybridized carbons (Fsp3) is 0.333. The molecule has 1 aromatic heterocycles. The van der Waals surface area contributed by atoms with Crippen molar-refractivity contribution in [3.63, 3.8) is 0 Å². The minimum Gasteiger partial charge on any atom is -0.425 e. The average Bonchev–Trinajstić information content (AvgIpc) is 2.43. The normalized spacial score (nSPS) is 10.8. The summed E-state index contributed by atoms with van der Waals surface area (Å²) in [6.07, 6.45) is 0.930. The van der Waals surface area contributed by atoms with Crippen LogP contribution in [-0.2, 0) is 11.2 Å². The molecule has 2 rings (SSSR count). The molecule has 2 aromatic rings. The topological polar surface area (TPSA) is 56.5 Å². The first-order valence-electron chi connectivity index (χ1n) is 6.45. The minimum absolute atomic E-state index is 0.297. The van der Waals surface area contributed by atoms with Gasteiger partial charge in [0.05, 0.1) is 3.57 Å². The molecule has 0 amide bonds. The van der Waals surface area contributed by atoms with Gasteiger partial charge in [-0.15, -0.1) is 0 Å². The number of rotatable bonds is 3. The molecule has 0 saturated heterocycles. The highest BCUT2D eigenvalue weighted by atomic mass is 127. The summed E-state index contributed by atoms with van der Waals surface area (Å²) in [5.41, 5.74) is 1.76. The second kappa shape index (κ2) is 5.95. The number of esters is 1. The Labute approximate surface area is 130 Å². The zero-order valence-corrected chi connectivity index (χ0v) is 13.7. The molecule has 0 unspecified atom stereocenters. The SMILES string of the molecule is CCC(=O)Oc1ccc2c(C)c(CC)c(=O)oc2c1I. The van der Waals surface area contributed by atoms with Gasteiger partial charge in [0.25, 0.3) is 0 Å². The summed E-state index contributed by atoms with van der Waals surface area (Å²) >= 11 is 2.04. The maximum Gasteiger partial charge on any atom is 0.339 e. The van der Waals surface area contributed by atoms with Gasteiger partial charge in [0.2, 0.25) is 0 Å². The number of halogens is 1. The van der Waals surface area contributed by atoms with E-state index in [0.29, 0.717) is 33.3 Å². The van der Waals surface area contributed by atoms with Gasteiger partial charge in [-0.25, -0.2) is 4.79 Å². The highest BCUT2D eigenvalue weighted by molar-refractivity contribution is 14.1. The summed E-state index contributed by atoms with van der Waals surface area (Å²) in [7, 11) is 0. The molecule has 0 bridgehead atoms. The summed E-state index contributed by atoms with van der Waals surface area (Å²) in [6, 6.07) is 3.57. The second-order valence-electron chi connectivity index (χ2n) is 4.43. The van der Waals surface area contributed by atoms with E-state index < -0.39 is 0 Å².